The van der Waals surface area contributed by atoms with Gasteiger partial charge in [0.05, 0.1) is 30.3 Å². The van der Waals surface area contributed by atoms with Crippen LogP contribution in [0.4, 0.5) is 13.2 Å². The van der Waals surface area contributed by atoms with E-state index in [1.54, 1.807) is 24.3 Å². The molecular formula is C19H15F3N4O3. The summed E-state index contributed by atoms with van der Waals surface area (Å²) < 4.78 is 45.5. The molecule has 1 saturated heterocycles. The third-order valence-corrected chi connectivity index (χ3v) is 4.59. The molecule has 7 nitrogen and oxygen atoms in total. The van der Waals surface area contributed by atoms with Gasteiger partial charge in [0.25, 0.3) is 5.56 Å². The summed E-state index contributed by atoms with van der Waals surface area (Å²) in [6.45, 7) is 0.0195. The normalized spacial score (nSPS) is 14.7. The number of ether oxygens (including phenoxy) is 1. The largest absolute Gasteiger partial charge is 0.470 e. The second-order valence-electron chi connectivity index (χ2n) is 6.59. The summed E-state index contributed by atoms with van der Waals surface area (Å²) in [5.41, 5.74) is -0.756. The first-order chi connectivity index (χ1) is 13.8. The number of carbonyl (C=O) groups is 1. The van der Waals surface area contributed by atoms with Gasteiger partial charge in [-0.15, -0.1) is 0 Å². The molecular weight excluding hydrogens is 389 g/mol. The topological polar surface area (TPSA) is 77.3 Å². The second kappa shape index (κ2) is 7.19. The lowest BCUT2D eigenvalue weighted by Gasteiger charge is -2.39. The van der Waals surface area contributed by atoms with Crippen LogP contribution in [-0.4, -0.2) is 44.5 Å². The van der Waals surface area contributed by atoms with E-state index >= 15 is 0 Å². The van der Waals surface area contributed by atoms with Gasteiger partial charge >= 0.3 is 6.18 Å². The number of hydrogen-bond acceptors (Lipinski definition) is 5. The van der Waals surface area contributed by atoms with E-state index in [9.17, 15) is 22.8 Å². The number of aromatic nitrogens is 3. The minimum Gasteiger partial charge on any atom is -0.470 e. The van der Waals surface area contributed by atoms with Gasteiger partial charge in [0.1, 0.15) is 18.2 Å². The minimum absolute atomic E-state index is 0.114. The van der Waals surface area contributed by atoms with Crippen LogP contribution < -0.4 is 10.3 Å². The first-order valence-corrected chi connectivity index (χ1v) is 8.74. The predicted octanol–water partition coefficient (Wildman–Crippen LogP) is 2.10. The molecule has 0 N–H and O–H groups in total. The first kappa shape index (κ1) is 18.9. The van der Waals surface area contributed by atoms with Crippen LogP contribution in [0.5, 0.6) is 5.88 Å². The van der Waals surface area contributed by atoms with Crippen LogP contribution in [0.25, 0.3) is 10.9 Å². The Morgan fingerprint density at radius 3 is 2.66 bits per heavy atom. The Hall–Kier alpha value is -3.43. The number of benzene rings is 1. The van der Waals surface area contributed by atoms with E-state index in [4.69, 9.17) is 4.74 Å². The van der Waals surface area contributed by atoms with Gasteiger partial charge < -0.3 is 9.64 Å². The molecule has 3 aromatic rings. The molecule has 3 heterocycles. The Morgan fingerprint density at radius 2 is 1.90 bits per heavy atom. The zero-order chi connectivity index (χ0) is 20.6. The molecule has 0 unspecified atom stereocenters. The molecule has 10 heteroatoms. The summed E-state index contributed by atoms with van der Waals surface area (Å²) in [5.74, 6) is -0.854. The smallest absolute Gasteiger partial charge is 0.421 e. The molecule has 1 aliphatic heterocycles. The van der Waals surface area contributed by atoms with Crippen LogP contribution in [0.2, 0.25) is 0 Å². The highest BCUT2D eigenvalue weighted by Crippen LogP contribution is 2.35. The first-order valence-electron chi connectivity index (χ1n) is 8.74. The number of nitrogens with zero attached hydrogens (tertiary/aromatic N) is 4. The van der Waals surface area contributed by atoms with Crippen molar-refractivity contribution in [2.45, 2.75) is 18.8 Å². The molecule has 1 amide bonds. The lowest BCUT2D eigenvalue weighted by Crippen LogP contribution is -2.57. The molecule has 0 aliphatic carbocycles. The number of pyridine rings is 1. The molecule has 1 aromatic carbocycles. The van der Waals surface area contributed by atoms with Crippen LogP contribution in [0, 0.1) is 0 Å². The molecule has 0 atom stereocenters. The van der Waals surface area contributed by atoms with Gasteiger partial charge in [0, 0.05) is 6.20 Å². The third kappa shape index (κ3) is 3.78. The summed E-state index contributed by atoms with van der Waals surface area (Å²) >= 11 is 0. The fraction of sp³-hybridized carbons (Fsp3) is 0.263. The van der Waals surface area contributed by atoms with Crippen molar-refractivity contribution in [3.05, 3.63) is 64.8 Å². The van der Waals surface area contributed by atoms with E-state index in [1.807, 2.05) is 0 Å². The summed E-state index contributed by atoms with van der Waals surface area (Å²) in [6.07, 6.45) is -2.65. The fourth-order valence-electron chi connectivity index (χ4n) is 3.04. The third-order valence-electron chi connectivity index (χ3n) is 4.59. The molecule has 1 fully saturated rings. The van der Waals surface area contributed by atoms with Crippen LogP contribution in [0.1, 0.15) is 5.56 Å². The molecule has 29 heavy (non-hydrogen) atoms. The van der Waals surface area contributed by atoms with Crippen molar-refractivity contribution < 1.29 is 22.7 Å². The Bertz CT molecular complexity index is 1120. The Kier molecular flexibility index (Phi) is 4.69. The molecule has 0 saturated carbocycles. The van der Waals surface area contributed by atoms with Crippen LogP contribution >= 0.6 is 0 Å². The zero-order valence-corrected chi connectivity index (χ0v) is 15.0. The van der Waals surface area contributed by atoms with Crippen LogP contribution in [0.15, 0.2) is 53.7 Å². The van der Waals surface area contributed by atoms with Crippen molar-refractivity contribution >= 4 is 16.8 Å². The van der Waals surface area contributed by atoms with E-state index in [2.05, 4.69) is 9.97 Å². The van der Waals surface area contributed by atoms with Crippen LogP contribution in [-0.2, 0) is 17.5 Å². The molecule has 1 aliphatic rings. The number of hydrogen-bond donors (Lipinski definition) is 0. The van der Waals surface area contributed by atoms with Gasteiger partial charge in [0.2, 0.25) is 11.8 Å². The number of likely N-dealkylation sites (tertiary alicyclic amines) is 1. The number of rotatable bonds is 4. The Balaban J connectivity index is 1.39. The number of halogens is 3. The average molecular weight is 404 g/mol. The number of para-hydroxylation sites is 1. The molecule has 0 radical (unpaired) electrons. The summed E-state index contributed by atoms with van der Waals surface area (Å²) in [7, 11) is 0. The molecule has 2 aromatic heterocycles. The maximum Gasteiger partial charge on any atom is 0.421 e. The van der Waals surface area contributed by atoms with Gasteiger partial charge in [-0.05, 0) is 24.3 Å². The summed E-state index contributed by atoms with van der Waals surface area (Å²) in [5, 5.41) is 0.405. The summed E-state index contributed by atoms with van der Waals surface area (Å²) in [6, 6.07) is 8.88. The quantitative estimate of drug-likeness (QED) is 0.666. The Labute approximate surface area is 162 Å². The maximum atomic E-state index is 13.0. The van der Waals surface area contributed by atoms with E-state index < -0.39 is 23.7 Å². The van der Waals surface area contributed by atoms with Gasteiger partial charge in [-0.3, -0.25) is 14.2 Å². The van der Waals surface area contributed by atoms with Gasteiger partial charge in [0.15, 0.2) is 0 Å². The van der Waals surface area contributed by atoms with Crippen molar-refractivity contribution in [3.8, 4) is 5.88 Å². The SMILES string of the molecule is O=C(Cn1cnc2ccccc2c1=O)N1CC(Oc2ncccc2C(F)(F)F)C1. The van der Waals surface area contributed by atoms with Crippen molar-refractivity contribution in [2.24, 2.45) is 0 Å². The highest BCUT2D eigenvalue weighted by atomic mass is 19.4. The zero-order valence-electron chi connectivity index (χ0n) is 15.0. The minimum atomic E-state index is -4.58. The second-order valence-corrected chi connectivity index (χ2v) is 6.59. The van der Waals surface area contributed by atoms with Gasteiger partial charge in [-0.1, -0.05) is 12.1 Å². The summed E-state index contributed by atoms with van der Waals surface area (Å²) in [4.78, 5) is 34.0. The maximum absolute atomic E-state index is 13.0. The number of amides is 1. The predicted molar refractivity (Wildman–Crippen MR) is 96.2 cm³/mol. The molecule has 0 spiro atoms. The van der Waals surface area contributed by atoms with Crippen molar-refractivity contribution in [3.63, 3.8) is 0 Å². The van der Waals surface area contributed by atoms with Crippen molar-refractivity contribution in [2.75, 3.05) is 13.1 Å². The van der Waals surface area contributed by atoms with Gasteiger partial charge in [-0.2, -0.15) is 13.2 Å². The van der Waals surface area contributed by atoms with E-state index in [-0.39, 0.29) is 31.1 Å². The van der Waals surface area contributed by atoms with Crippen molar-refractivity contribution in [1.82, 2.24) is 19.4 Å². The highest BCUT2D eigenvalue weighted by Gasteiger charge is 2.38. The Morgan fingerprint density at radius 1 is 1.14 bits per heavy atom. The van der Waals surface area contributed by atoms with E-state index in [1.165, 1.54) is 28.1 Å². The van der Waals surface area contributed by atoms with Gasteiger partial charge in [-0.25, -0.2) is 9.97 Å². The highest BCUT2D eigenvalue weighted by molar-refractivity contribution is 5.79. The molecule has 150 valence electrons. The number of carbonyl (C=O) groups excluding carboxylic acids is 1. The molecule has 4 rings (SSSR count). The monoisotopic (exact) mass is 404 g/mol. The van der Waals surface area contributed by atoms with E-state index in [0.717, 1.165) is 6.07 Å². The lowest BCUT2D eigenvalue weighted by atomic mass is 10.1. The van der Waals surface area contributed by atoms with Crippen molar-refractivity contribution in [1.29, 1.82) is 0 Å². The lowest BCUT2D eigenvalue weighted by molar-refractivity contribution is -0.145. The average Bonchev–Trinajstić information content (AvgIpc) is 2.66. The standard InChI is InChI=1S/C19H15F3N4O3/c20-19(21,22)14-5-3-7-23-17(14)29-12-8-25(9-12)16(27)10-26-11-24-15-6-2-1-4-13(15)18(26)28/h1-7,11-12H,8-10H2. The fourth-order valence-corrected chi connectivity index (χ4v) is 3.04. The number of alkyl halides is 3. The van der Waals surface area contributed by atoms with Crippen LogP contribution in [0.3, 0.4) is 0 Å². The number of fused-ring (bicyclic) bond motifs is 1. The molecule has 0 bridgehead atoms. The van der Waals surface area contributed by atoms with E-state index in [0.29, 0.717) is 10.9 Å².